The van der Waals surface area contributed by atoms with Crippen LogP contribution < -0.4 is 5.32 Å². The smallest absolute Gasteiger partial charge is 0.296 e. The van der Waals surface area contributed by atoms with Gasteiger partial charge in [-0.1, -0.05) is 0 Å². The van der Waals surface area contributed by atoms with Crippen LogP contribution in [0, 0.1) is 0 Å². The summed E-state index contributed by atoms with van der Waals surface area (Å²) in [5.74, 6) is -3.62. The molecule has 0 saturated carbocycles. The molecule has 0 aromatic carbocycles. The Balaban J connectivity index is 4.04. The fourth-order valence-electron chi connectivity index (χ4n) is 0.608. The molecule has 9 heteroatoms. The Morgan fingerprint density at radius 1 is 0.800 bits per heavy atom. The van der Waals surface area contributed by atoms with Crippen molar-refractivity contribution in [1.29, 1.82) is 0 Å². The second kappa shape index (κ2) is 4.49. The number of alkyl halides is 6. The third kappa shape index (κ3) is 9.03. The van der Waals surface area contributed by atoms with Crippen molar-refractivity contribution < 1.29 is 35.9 Å². The zero-order valence-corrected chi connectivity index (χ0v) is 7.00. The highest BCUT2D eigenvalue weighted by Gasteiger charge is 2.35. The normalized spacial score (nSPS) is 12.4. The van der Waals surface area contributed by atoms with Gasteiger partial charge in [0.25, 0.3) is 0 Å². The molecule has 0 aliphatic rings. The summed E-state index contributed by atoms with van der Waals surface area (Å²) in [6.07, 6.45) is -13.7. The van der Waals surface area contributed by atoms with Gasteiger partial charge in [0.2, 0.25) is 11.8 Å². The van der Waals surface area contributed by atoms with E-state index in [1.165, 1.54) is 0 Å². The number of carbonyl (C=O) groups is 2. The number of hydrogen-bond donors (Lipinski definition) is 1. The molecule has 0 rings (SSSR count). The van der Waals surface area contributed by atoms with E-state index in [0.29, 0.717) is 0 Å². The standard InChI is InChI=1S/C6H5F6NO2/c7-5(8,9)1-3(14)13-4(15)2-6(10,11)12/h1-2H2,(H,13,14,15). The predicted molar refractivity (Wildman–Crippen MR) is 34.5 cm³/mol. The molecule has 0 aromatic heterocycles. The minimum atomic E-state index is -4.86. The third-order valence-electron chi connectivity index (χ3n) is 1.00. The second-order valence-corrected chi connectivity index (χ2v) is 2.56. The average Bonchev–Trinajstić information content (AvgIpc) is 1.73. The van der Waals surface area contributed by atoms with Crippen molar-refractivity contribution in [2.75, 3.05) is 0 Å². The van der Waals surface area contributed by atoms with E-state index in [2.05, 4.69) is 0 Å². The molecule has 0 radical (unpaired) electrons. The lowest BCUT2D eigenvalue weighted by Gasteiger charge is -2.08. The summed E-state index contributed by atoms with van der Waals surface area (Å²) in [6, 6.07) is 0. The van der Waals surface area contributed by atoms with Crippen LogP contribution in [-0.2, 0) is 9.59 Å². The van der Waals surface area contributed by atoms with Crippen LogP contribution in [0.15, 0.2) is 0 Å². The van der Waals surface area contributed by atoms with E-state index in [4.69, 9.17) is 0 Å². The molecule has 0 spiro atoms. The maximum atomic E-state index is 11.5. The van der Waals surface area contributed by atoms with Crippen molar-refractivity contribution in [2.45, 2.75) is 25.2 Å². The van der Waals surface area contributed by atoms with E-state index in [-0.39, 0.29) is 0 Å². The van der Waals surface area contributed by atoms with Crippen LogP contribution in [0.2, 0.25) is 0 Å². The van der Waals surface area contributed by atoms with Crippen LogP contribution in [0.5, 0.6) is 0 Å². The van der Waals surface area contributed by atoms with Gasteiger partial charge in [-0.05, 0) is 0 Å². The summed E-state index contributed by atoms with van der Waals surface area (Å²) in [5, 5.41) is 0.975. The van der Waals surface area contributed by atoms with Crippen LogP contribution >= 0.6 is 0 Å². The number of halogens is 6. The van der Waals surface area contributed by atoms with Crippen LogP contribution in [0.4, 0.5) is 26.3 Å². The van der Waals surface area contributed by atoms with E-state index in [1.807, 2.05) is 0 Å². The Morgan fingerprint density at radius 2 is 1.07 bits per heavy atom. The number of imide groups is 1. The highest BCUT2D eigenvalue weighted by molar-refractivity contribution is 5.95. The number of nitrogens with one attached hydrogen (secondary N) is 1. The lowest BCUT2D eigenvalue weighted by atomic mass is 10.3. The first-order valence-corrected chi connectivity index (χ1v) is 3.46. The van der Waals surface area contributed by atoms with Crippen molar-refractivity contribution in [3.8, 4) is 0 Å². The molecule has 88 valence electrons. The van der Waals surface area contributed by atoms with E-state index >= 15 is 0 Å². The largest absolute Gasteiger partial charge is 0.397 e. The zero-order chi connectivity index (χ0) is 12.3. The van der Waals surface area contributed by atoms with Crippen LogP contribution in [0.3, 0.4) is 0 Å². The summed E-state index contributed by atoms with van der Waals surface area (Å²) in [4.78, 5) is 20.7. The lowest BCUT2D eigenvalue weighted by molar-refractivity contribution is -0.160. The van der Waals surface area contributed by atoms with Crippen molar-refractivity contribution >= 4 is 11.8 Å². The molecule has 0 aliphatic carbocycles. The summed E-state index contributed by atoms with van der Waals surface area (Å²) < 4.78 is 69.0. The fourth-order valence-corrected chi connectivity index (χ4v) is 0.608. The highest BCUT2D eigenvalue weighted by atomic mass is 19.4. The van der Waals surface area contributed by atoms with Gasteiger partial charge in [-0.15, -0.1) is 0 Å². The Morgan fingerprint density at radius 3 is 1.27 bits per heavy atom. The van der Waals surface area contributed by atoms with Gasteiger partial charge < -0.3 is 0 Å². The second-order valence-electron chi connectivity index (χ2n) is 2.56. The summed E-state index contributed by atoms with van der Waals surface area (Å²) in [7, 11) is 0. The Hall–Kier alpha value is -1.28. The van der Waals surface area contributed by atoms with E-state index < -0.39 is 37.0 Å². The van der Waals surface area contributed by atoms with Gasteiger partial charge in [0.15, 0.2) is 0 Å². The average molecular weight is 237 g/mol. The van der Waals surface area contributed by atoms with Crippen LogP contribution in [0.25, 0.3) is 0 Å². The van der Waals surface area contributed by atoms with E-state index in [1.54, 1.807) is 0 Å². The minimum Gasteiger partial charge on any atom is -0.296 e. The highest BCUT2D eigenvalue weighted by Crippen LogP contribution is 2.20. The van der Waals surface area contributed by atoms with Crippen molar-refractivity contribution in [2.24, 2.45) is 0 Å². The Kier molecular flexibility index (Phi) is 4.11. The third-order valence-corrected chi connectivity index (χ3v) is 1.00. The Labute approximate surface area is 79.4 Å². The maximum absolute atomic E-state index is 11.5. The maximum Gasteiger partial charge on any atom is 0.397 e. The van der Waals surface area contributed by atoms with Crippen molar-refractivity contribution in [3.63, 3.8) is 0 Å². The van der Waals surface area contributed by atoms with Gasteiger partial charge in [-0.25, -0.2) is 0 Å². The molecule has 1 N–H and O–H groups in total. The van der Waals surface area contributed by atoms with Crippen molar-refractivity contribution in [3.05, 3.63) is 0 Å². The molecule has 3 nitrogen and oxygen atoms in total. The number of carbonyl (C=O) groups excluding carboxylic acids is 2. The SMILES string of the molecule is O=C(CC(F)(F)F)NC(=O)CC(F)(F)F. The van der Waals surface area contributed by atoms with E-state index in [0.717, 1.165) is 5.32 Å². The molecular formula is C6H5F6NO2. The molecule has 0 fully saturated rings. The fraction of sp³-hybridized carbons (Fsp3) is 0.667. The van der Waals surface area contributed by atoms with Gasteiger partial charge in [0.1, 0.15) is 12.8 Å². The topological polar surface area (TPSA) is 46.2 Å². The zero-order valence-electron chi connectivity index (χ0n) is 7.00. The summed E-state index contributed by atoms with van der Waals surface area (Å²) in [6.45, 7) is 0. The molecule has 0 aliphatic heterocycles. The monoisotopic (exact) mass is 237 g/mol. The lowest BCUT2D eigenvalue weighted by Crippen LogP contribution is -2.36. The number of hydrogen-bond acceptors (Lipinski definition) is 2. The van der Waals surface area contributed by atoms with Crippen LogP contribution in [0.1, 0.15) is 12.8 Å². The van der Waals surface area contributed by atoms with E-state index in [9.17, 15) is 35.9 Å². The molecule has 0 atom stereocenters. The first-order chi connectivity index (χ1) is 6.49. The molecule has 0 unspecified atom stereocenters. The number of rotatable bonds is 2. The predicted octanol–water partition coefficient (Wildman–Crippen LogP) is 1.53. The molecule has 0 bridgehead atoms. The quantitative estimate of drug-likeness (QED) is 0.740. The molecule has 0 aromatic rings. The molecular weight excluding hydrogens is 232 g/mol. The summed E-state index contributed by atoms with van der Waals surface area (Å²) in [5.41, 5.74) is 0. The summed E-state index contributed by atoms with van der Waals surface area (Å²) >= 11 is 0. The first kappa shape index (κ1) is 13.7. The molecule has 2 amide bonds. The van der Waals surface area contributed by atoms with Gasteiger partial charge in [0, 0.05) is 0 Å². The van der Waals surface area contributed by atoms with Gasteiger partial charge in [-0.3, -0.25) is 14.9 Å². The molecule has 0 saturated heterocycles. The number of amides is 2. The Bertz CT molecular complexity index is 229. The van der Waals surface area contributed by atoms with Gasteiger partial charge in [-0.2, -0.15) is 26.3 Å². The first-order valence-electron chi connectivity index (χ1n) is 3.46. The van der Waals surface area contributed by atoms with Gasteiger partial charge >= 0.3 is 12.4 Å². The molecule has 15 heavy (non-hydrogen) atoms. The van der Waals surface area contributed by atoms with Gasteiger partial charge in [0.05, 0.1) is 0 Å². The van der Waals surface area contributed by atoms with Crippen LogP contribution in [-0.4, -0.2) is 24.2 Å². The van der Waals surface area contributed by atoms with Crippen molar-refractivity contribution in [1.82, 2.24) is 5.32 Å². The molecule has 0 heterocycles. The minimum absolute atomic E-state index is 0.975.